The van der Waals surface area contributed by atoms with Gasteiger partial charge in [-0.2, -0.15) is 0 Å². The van der Waals surface area contributed by atoms with Gasteiger partial charge in [0.1, 0.15) is 5.75 Å². The van der Waals surface area contributed by atoms with Crippen molar-refractivity contribution in [2.24, 2.45) is 0 Å². The van der Waals surface area contributed by atoms with Crippen molar-refractivity contribution in [3.05, 3.63) is 59.1 Å². The zero-order valence-corrected chi connectivity index (χ0v) is 12.8. The van der Waals surface area contributed by atoms with Gasteiger partial charge in [-0.3, -0.25) is 0 Å². The lowest BCUT2D eigenvalue weighted by molar-refractivity contribution is 0.199. The number of aliphatic hydroxyl groups excluding tert-OH is 1. The summed E-state index contributed by atoms with van der Waals surface area (Å²) >= 11 is 7.63. The molecule has 20 heavy (non-hydrogen) atoms. The summed E-state index contributed by atoms with van der Waals surface area (Å²) in [5, 5.41) is 10.8. The molecule has 106 valence electrons. The molecule has 4 heteroatoms. The number of halogens is 1. The smallest absolute Gasteiger partial charge is 0.122 e. The Hall–Kier alpha value is -1.16. The van der Waals surface area contributed by atoms with Crippen molar-refractivity contribution < 1.29 is 9.84 Å². The third-order valence-corrected chi connectivity index (χ3v) is 4.28. The van der Waals surface area contributed by atoms with Gasteiger partial charge in [0, 0.05) is 22.1 Å². The molecule has 2 aromatic carbocycles. The predicted octanol–water partition coefficient (Wildman–Crippen LogP) is 4.04. The monoisotopic (exact) mass is 308 g/mol. The lowest BCUT2D eigenvalue weighted by Gasteiger charge is -2.13. The van der Waals surface area contributed by atoms with Crippen LogP contribution in [0.4, 0.5) is 0 Å². The molecule has 0 aliphatic heterocycles. The molecule has 0 saturated carbocycles. The number of hydrogen-bond donors (Lipinski definition) is 1. The van der Waals surface area contributed by atoms with Crippen LogP contribution in [0.25, 0.3) is 0 Å². The van der Waals surface area contributed by atoms with Gasteiger partial charge in [-0.1, -0.05) is 29.8 Å². The normalized spacial score (nSPS) is 12.2. The standard InChI is InChI=1S/C16H17ClO2S/c1-19-16-8-7-13(17)9-12(16)10-14(18)11-20-15-5-3-2-4-6-15/h2-9,14,18H,10-11H2,1H3. The topological polar surface area (TPSA) is 29.5 Å². The first-order valence-corrected chi connectivity index (χ1v) is 7.73. The van der Waals surface area contributed by atoms with Crippen LogP contribution >= 0.6 is 23.4 Å². The van der Waals surface area contributed by atoms with Gasteiger partial charge in [0.2, 0.25) is 0 Å². The first kappa shape index (κ1) is 15.2. The molecule has 0 amide bonds. The zero-order valence-electron chi connectivity index (χ0n) is 11.3. The van der Waals surface area contributed by atoms with Crippen molar-refractivity contribution in [1.29, 1.82) is 0 Å². The maximum Gasteiger partial charge on any atom is 0.122 e. The van der Waals surface area contributed by atoms with Crippen molar-refractivity contribution in [2.45, 2.75) is 17.4 Å². The lowest BCUT2D eigenvalue weighted by atomic mass is 10.1. The van der Waals surface area contributed by atoms with Crippen molar-refractivity contribution in [3.8, 4) is 5.75 Å². The number of benzene rings is 2. The molecular formula is C16H17ClO2S. The van der Waals surface area contributed by atoms with Crippen molar-refractivity contribution >= 4 is 23.4 Å². The average Bonchev–Trinajstić information content (AvgIpc) is 2.46. The van der Waals surface area contributed by atoms with Gasteiger partial charge in [0.05, 0.1) is 13.2 Å². The molecule has 0 fully saturated rings. The van der Waals surface area contributed by atoms with E-state index in [0.29, 0.717) is 17.2 Å². The summed E-state index contributed by atoms with van der Waals surface area (Å²) in [5.41, 5.74) is 0.932. The van der Waals surface area contributed by atoms with Gasteiger partial charge >= 0.3 is 0 Å². The van der Waals surface area contributed by atoms with Crippen molar-refractivity contribution in [2.75, 3.05) is 12.9 Å². The maximum atomic E-state index is 10.2. The number of methoxy groups -OCH3 is 1. The molecule has 0 aromatic heterocycles. The highest BCUT2D eigenvalue weighted by molar-refractivity contribution is 7.99. The highest BCUT2D eigenvalue weighted by Crippen LogP contribution is 2.25. The van der Waals surface area contributed by atoms with Crippen LogP contribution in [0.1, 0.15) is 5.56 Å². The Morgan fingerprint density at radius 2 is 1.95 bits per heavy atom. The van der Waals surface area contributed by atoms with Crippen molar-refractivity contribution in [3.63, 3.8) is 0 Å². The molecule has 0 saturated heterocycles. The third-order valence-electron chi connectivity index (χ3n) is 2.88. The Morgan fingerprint density at radius 1 is 1.20 bits per heavy atom. The van der Waals surface area contributed by atoms with E-state index >= 15 is 0 Å². The SMILES string of the molecule is COc1ccc(Cl)cc1CC(O)CSc1ccccc1. The second-order valence-corrected chi connectivity index (χ2v) is 5.97. The van der Waals surface area contributed by atoms with E-state index in [2.05, 4.69) is 0 Å². The molecule has 2 aromatic rings. The summed E-state index contributed by atoms with van der Waals surface area (Å²) in [6, 6.07) is 15.5. The molecule has 0 spiro atoms. The van der Waals surface area contributed by atoms with E-state index in [4.69, 9.17) is 16.3 Å². The molecule has 0 heterocycles. The first-order chi connectivity index (χ1) is 9.69. The van der Waals surface area contributed by atoms with Crippen LogP contribution in [-0.2, 0) is 6.42 Å². The van der Waals surface area contributed by atoms with E-state index in [0.717, 1.165) is 16.2 Å². The van der Waals surface area contributed by atoms with E-state index in [9.17, 15) is 5.11 Å². The minimum atomic E-state index is -0.437. The second kappa shape index (κ2) is 7.58. The van der Waals surface area contributed by atoms with E-state index in [1.165, 1.54) is 0 Å². The Kier molecular flexibility index (Phi) is 5.77. The summed E-state index contributed by atoms with van der Waals surface area (Å²) < 4.78 is 5.29. The number of thioether (sulfide) groups is 1. The highest BCUT2D eigenvalue weighted by Gasteiger charge is 2.11. The molecule has 0 aliphatic carbocycles. The van der Waals surface area contributed by atoms with Gasteiger partial charge in [-0.05, 0) is 35.9 Å². The minimum Gasteiger partial charge on any atom is -0.496 e. The Morgan fingerprint density at radius 3 is 2.65 bits per heavy atom. The summed E-state index contributed by atoms with van der Waals surface area (Å²) in [6.45, 7) is 0. The predicted molar refractivity (Wildman–Crippen MR) is 84.9 cm³/mol. The lowest BCUT2D eigenvalue weighted by Crippen LogP contribution is -2.14. The average molecular weight is 309 g/mol. The molecule has 1 N–H and O–H groups in total. The van der Waals surface area contributed by atoms with E-state index < -0.39 is 6.10 Å². The molecule has 0 radical (unpaired) electrons. The van der Waals surface area contributed by atoms with Crippen LogP contribution in [0, 0.1) is 0 Å². The molecule has 0 aliphatic rings. The molecule has 1 unspecified atom stereocenters. The van der Waals surface area contributed by atoms with Crippen LogP contribution in [0.15, 0.2) is 53.4 Å². The quantitative estimate of drug-likeness (QED) is 0.817. The minimum absolute atomic E-state index is 0.437. The van der Waals surface area contributed by atoms with Gasteiger partial charge in [0.15, 0.2) is 0 Å². The van der Waals surface area contributed by atoms with Crippen molar-refractivity contribution in [1.82, 2.24) is 0 Å². The molecule has 2 rings (SSSR count). The van der Waals surface area contributed by atoms with Gasteiger partial charge < -0.3 is 9.84 Å². The third kappa shape index (κ3) is 4.44. The maximum absolute atomic E-state index is 10.2. The number of aliphatic hydroxyl groups is 1. The number of ether oxygens (including phenoxy) is 1. The summed E-state index contributed by atoms with van der Waals surface area (Å²) in [6.07, 6.45) is 0.0939. The molecule has 1 atom stereocenters. The second-order valence-electron chi connectivity index (χ2n) is 4.44. The Bertz CT molecular complexity index is 545. The fraction of sp³-hybridized carbons (Fsp3) is 0.250. The van der Waals surface area contributed by atoms with Gasteiger partial charge in [-0.15, -0.1) is 11.8 Å². The van der Waals surface area contributed by atoms with Crippen LogP contribution in [0.2, 0.25) is 5.02 Å². The van der Waals surface area contributed by atoms with Crippen LogP contribution in [-0.4, -0.2) is 24.1 Å². The van der Waals surface area contributed by atoms with Crippen LogP contribution in [0.5, 0.6) is 5.75 Å². The van der Waals surface area contributed by atoms with E-state index in [1.807, 2.05) is 42.5 Å². The largest absolute Gasteiger partial charge is 0.496 e. The summed E-state index contributed by atoms with van der Waals surface area (Å²) in [5.74, 6) is 1.40. The summed E-state index contributed by atoms with van der Waals surface area (Å²) in [7, 11) is 1.62. The van der Waals surface area contributed by atoms with Crippen LogP contribution in [0.3, 0.4) is 0 Å². The molecule has 2 nitrogen and oxygen atoms in total. The van der Waals surface area contributed by atoms with Crippen LogP contribution < -0.4 is 4.74 Å². The first-order valence-electron chi connectivity index (χ1n) is 6.37. The zero-order chi connectivity index (χ0) is 14.4. The Balaban J connectivity index is 1.94. The fourth-order valence-corrected chi connectivity index (χ4v) is 2.98. The molecule has 0 bridgehead atoms. The molecular weight excluding hydrogens is 292 g/mol. The summed E-state index contributed by atoms with van der Waals surface area (Å²) in [4.78, 5) is 1.16. The Labute approximate surface area is 128 Å². The van der Waals surface area contributed by atoms with E-state index in [1.54, 1.807) is 24.9 Å². The van der Waals surface area contributed by atoms with Gasteiger partial charge in [-0.25, -0.2) is 0 Å². The number of rotatable bonds is 6. The number of hydrogen-bond acceptors (Lipinski definition) is 3. The fourth-order valence-electron chi connectivity index (χ4n) is 1.93. The van der Waals surface area contributed by atoms with E-state index in [-0.39, 0.29) is 0 Å². The highest BCUT2D eigenvalue weighted by atomic mass is 35.5. The van der Waals surface area contributed by atoms with Gasteiger partial charge in [0.25, 0.3) is 0 Å².